The average Bonchev–Trinajstić information content (AvgIpc) is 3.12. The summed E-state index contributed by atoms with van der Waals surface area (Å²) in [6, 6.07) is 13.0. The van der Waals surface area contributed by atoms with E-state index in [9.17, 15) is 5.26 Å². The zero-order chi connectivity index (χ0) is 22.1. The third kappa shape index (κ3) is 3.76. The van der Waals surface area contributed by atoms with E-state index in [1.165, 1.54) is 7.11 Å². The maximum atomic E-state index is 9.73. The lowest BCUT2D eigenvalue weighted by molar-refractivity contribution is 0.284. The van der Waals surface area contributed by atoms with E-state index >= 15 is 0 Å². The predicted molar refractivity (Wildman–Crippen MR) is 116 cm³/mol. The highest BCUT2D eigenvalue weighted by Crippen LogP contribution is 2.46. The number of benzene rings is 2. The third-order valence-corrected chi connectivity index (χ3v) is 5.69. The monoisotopic (exact) mass is 456 g/mol. The molecule has 0 aliphatic carbocycles. The minimum Gasteiger partial charge on any atom is -0.493 e. The van der Waals surface area contributed by atoms with Crippen molar-refractivity contribution in [3.8, 4) is 23.4 Å². The van der Waals surface area contributed by atoms with E-state index in [1.54, 1.807) is 18.2 Å². The second-order valence-electron chi connectivity index (χ2n) is 6.91. The van der Waals surface area contributed by atoms with Crippen LogP contribution < -0.4 is 19.9 Å². The molecule has 0 fully saturated rings. The smallest absolute Gasteiger partial charge is 0.244 e. The van der Waals surface area contributed by atoms with Gasteiger partial charge in [0.25, 0.3) is 0 Å². The van der Waals surface area contributed by atoms with Gasteiger partial charge in [-0.3, -0.25) is 5.10 Å². The number of hydrogen-bond acceptors (Lipinski definition) is 6. The van der Waals surface area contributed by atoms with Gasteiger partial charge in [-0.1, -0.05) is 41.4 Å². The van der Waals surface area contributed by atoms with E-state index in [0.29, 0.717) is 38.6 Å². The number of aromatic nitrogens is 2. The summed E-state index contributed by atoms with van der Waals surface area (Å²) in [6.45, 7) is 2.06. The Morgan fingerprint density at radius 2 is 2.03 bits per heavy atom. The maximum Gasteiger partial charge on any atom is 0.244 e. The van der Waals surface area contributed by atoms with E-state index in [1.807, 2.05) is 25.1 Å². The molecule has 0 unspecified atom stereocenters. The predicted octanol–water partition coefficient (Wildman–Crippen LogP) is 4.83. The molecule has 0 radical (unpaired) electrons. The van der Waals surface area contributed by atoms with Crippen LogP contribution in [0, 0.1) is 18.3 Å². The number of hydrogen-bond donors (Lipinski definition) is 2. The van der Waals surface area contributed by atoms with Crippen LogP contribution in [0.4, 0.5) is 0 Å². The Hall–Kier alpha value is -3.34. The van der Waals surface area contributed by atoms with Crippen LogP contribution in [0.25, 0.3) is 0 Å². The number of ether oxygens (including phenoxy) is 3. The SMILES string of the molecule is COc1cc([C@@H]2C(C#N)=C(N)Oc3n[nH]c(C)c32)cc(Cl)c1OCc1ccccc1Cl. The van der Waals surface area contributed by atoms with Gasteiger partial charge in [-0.25, -0.2) is 0 Å². The Morgan fingerprint density at radius 1 is 1.26 bits per heavy atom. The number of allylic oxidation sites excluding steroid dienone is 1. The Labute approximate surface area is 188 Å². The van der Waals surface area contributed by atoms with Crippen LogP contribution >= 0.6 is 23.2 Å². The fourth-order valence-electron chi connectivity index (χ4n) is 3.54. The minimum atomic E-state index is -0.517. The Morgan fingerprint density at radius 3 is 2.74 bits per heavy atom. The molecule has 158 valence electrons. The van der Waals surface area contributed by atoms with E-state index in [4.69, 9.17) is 43.1 Å². The topological polar surface area (TPSA) is 106 Å². The van der Waals surface area contributed by atoms with Gasteiger partial charge in [0.15, 0.2) is 11.5 Å². The second kappa shape index (κ2) is 8.42. The quantitative estimate of drug-likeness (QED) is 0.569. The molecule has 9 heteroatoms. The molecular formula is C22H18Cl2N4O3. The normalized spacial score (nSPS) is 15.1. The molecule has 0 amide bonds. The molecule has 1 aromatic heterocycles. The third-order valence-electron chi connectivity index (χ3n) is 5.04. The van der Waals surface area contributed by atoms with Gasteiger partial charge in [0.2, 0.25) is 11.8 Å². The Balaban J connectivity index is 1.75. The molecule has 0 spiro atoms. The molecule has 1 aliphatic heterocycles. The fraction of sp³-hybridized carbons (Fsp3) is 0.182. The largest absolute Gasteiger partial charge is 0.493 e. The van der Waals surface area contributed by atoms with E-state index < -0.39 is 5.92 Å². The number of aryl methyl sites for hydroxylation is 1. The summed E-state index contributed by atoms with van der Waals surface area (Å²) >= 11 is 12.8. The standard InChI is InChI=1S/C22H18Cl2N4O3/c1-11-18-19(14(9-25)21(26)31-22(18)28-27-11)13-7-16(24)20(17(8-13)29-2)30-10-12-5-3-4-6-15(12)23/h3-8,19H,10,26H2,1-2H3,(H,27,28)/t19-/m1/s1. The summed E-state index contributed by atoms with van der Waals surface area (Å²) < 4.78 is 17.0. The van der Waals surface area contributed by atoms with Crippen LogP contribution in [0.15, 0.2) is 47.9 Å². The summed E-state index contributed by atoms with van der Waals surface area (Å²) in [5.41, 5.74) is 9.24. The average molecular weight is 457 g/mol. The molecule has 2 aromatic carbocycles. The van der Waals surface area contributed by atoms with Crippen LogP contribution in [0.5, 0.6) is 17.4 Å². The van der Waals surface area contributed by atoms with E-state index in [0.717, 1.165) is 11.3 Å². The zero-order valence-electron chi connectivity index (χ0n) is 16.7. The van der Waals surface area contributed by atoms with Crippen molar-refractivity contribution >= 4 is 23.2 Å². The van der Waals surface area contributed by atoms with Crippen LogP contribution in [0.1, 0.15) is 28.3 Å². The first-order valence-electron chi connectivity index (χ1n) is 9.30. The number of nitrogens with zero attached hydrogens (tertiary/aromatic N) is 2. The molecule has 3 aromatic rings. The van der Waals surface area contributed by atoms with Gasteiger partial charge in [0.05, 0.1) is 18.1 Å². The highest BCUT2D eigenvalue weighted by atomic mass is 35.5. The summed E-state index contributed by atoms with van der Waals surface area (Å²) in [4.78, 5) is 0. The van der Waals surface area contributed by atoms with Crippen molar-refractivity contribution in [2.75, 3.05) is 7.11 Å². The Bertz CT molecular complexity index is 1230. The number of nitrogens with two attached hydrogens (primary N) is 1. The summed E-state index contributed by atoms with van der Waals surface area (Å²) in [5.74, 6) is 0.601. The maximum absolute atomic E-state index is 9.73. The lowest BCUT2D eigenvalue weighted by Crippen LogP contribution is -2.21. The Kier molecular flexibility index (Phi) is 5.68. The van der Waals surface area contributed by atoms with Gasteiger partial charge >= 0.3 is 0 Å². The number of nitriles is 1. The molecule has 7 nitrogen and oxygen atoms in total. The van der Waals surface area contributed by atoms with Crippen LogP contribution in [-0.4, -0.2) is 17.3 Å². The molecule has 0 saturated heterocycles. The number of fused-ring (bicyclic) bond motifs is 1. The minimum absolute atomic E-state index is 0.000588. The first kappa shape index (κ1) is 20.9. The van der Waals surface area contributed by atoms with Crippen molar-refractivity contribution in [1.82, 2.24) is 10.2 Å². The van der Waals surface area contributed by atoms with Crippen LogP contribution in [0.2, 0.25) is 10.0 Å². The van der Waals surface area contributed by atoms with E-state index in [2.05, 4.69) is 16.3 Å². The molecule has 1 atom stereocenters. The van der Waals surface area contributed by atoms with E-state index in [-0.39, 0.29) is 18.1 Å². The highest BCUT2D eigenvalue weighted by Gasteiger charge is 2.35. The van der Waals surface area contributed by atoms with Gasteiger partial charge in [-0.2, -0.15) is 5.26 Å². The first-order chi connectivity index (χ1) is 14.9. The molecule has 2 heterocycles. The molecule has 31 heavy (non-hydrogen) atoms. The zero-order valence-corrected chi connectivity index (χ0v) is 18.2. The molecular weight excluding hydrogens is 439 g/mol. The number of halogens is 2. The molecule has 1 aliphatic rings. The van der Waals surface area contributed by atoms with Gasteiger partial charge in [0.1, 0.15) is 18.2 Å². The van der Waals surface area contributed by atoms with Crippen LogP contribution in [0.3, 0.4) is 0 Å². The number of H-pyrrole nitrogens is 1. The molecule has 0 bridgehead atoms. The summed E-state index contributed by atoms with van der Waals surface area (Å²) in [7, 11) is 1.52. The van der Waals surface area contributed by atoms with Crippen molar-refractivity contribution < 1.29 is 14.2 Å². The van der Waals surface area contributed by atoms with Crippen LogP contribution in [-0.2, 0) is 6.61 Å². The highest BCUT2D eigenvalue weighted by molar-refractivity contribution is 6.32. The van der Waals surface area contributed by atoms with Crippen molar-refractivity contribution in [3.63, 3.8) is 0 Å². The first-order valence-corrected chi connectivity index (χ1v) is 10.1. The summed E-state index contributed by atoms with van der Waals surface area (Å²) in [6.07, 6.45) is 0. The molecule has 3 N–H and O–H groups in total. The van der Waals surface area contributed by atoms with Gasteiger partial charge in [-0.05, 0) is 30.7 Å². The van der Waals surface area contributed by atoms with Crippen molar-refractivity contribution in [1.29, 1.82) is 5.26 Å². The fourth-order valence-corrected chi connectivity index (χ4v) is 4.01. The molecule has 0 saturated carbocycles. The van der Waals surface area contributed by atoms with Gasteiger partial charge in [0, 0.05) is 21.8 Å². The lowest BCUT2D eigenvalue weighted by atomic mass is 9.84. The van der Waals surface area contributed by atoms with Gasteiger partial charge in [-0.15, -0.1) is 5.10 Å². The van der Waals surface area contributed by atoms with Gasteiger partial charge < -0.3 is 19.9 Å². The number of methoxy groups -OCH3 is 1. The number of aromatic amines is 1. The number of nitrogens with one attached hydrogen (secondary N) is 1. The van der Waals surface area contributed by atoms with Crippen molar-refractivity contribution in [2.45, 2.75) is 19.4 Å². The summed E-state index contributed by atoms with van der Waals surface area (Å²) in [5, 5.41) is 17.7. The van der Waals surface area contributed by atoms with Crippen molar-refractivity contribution in [3.05, 3.63) is 80.3 Å². The lowest BCUT2D eigenvalue weighted by Gasteiger charge is -2.24. The second-order valence-corrected chi connectivity index (χ2v) is 7.72. The van der Waals surface area contributed by atoms with Crippen molar-refractivity contribution in [2.24, 2.45) is 5.73 Å². The molecule has 4 rings (SSSR count). The number of rotatable bonds is 5.